The van der Waals surface area contributed by atoms with Crippen LogP contribution in [0.3, 0.4) is 0 Å². The lowest BCUT2D eigenvalue weighted by molar-refractivity contribution is -0.116. The minimum Gasteiger partial charge on any atom is -0.497 e. The molecule has 0 bridgehead atoms. The van der Waals surface area contributed by atoms with Gasteiger partial charge >= 0.3 is 5.97 Å². The van der Waals surface area contributed by atoms with Crippen molar-refractivity contribution in [3.8, 4) is 22.6 Å². The van der Waals surface area contributed by atoms with Gasteiger partial charge in [-0.25, -0.2) is 4.79 Å². The minimum absolute atomic E-state index is 0.202. The molecule has 0 atom stereocenters. The molecule has 0 spiro atoms. The number of nitrogens with one attached hydrogen (secondary N) is 1. The summed E-state index contributed by atoms with van der Waals surface area (Å²) in [7, 11) is 2.92. The Morgan fingerprint density at radius 3 is 2.44 bits per heavy atom. The van der Waals surface area contributed by atoms with Crippen molar-refractivity contribution in [1.82, 2.24) is 0 Å². The van der Waals surface area contributed by atoms with Gasteiger partial charge in [0.05, 0.1) is 20.8 Å². The third kappa shape index (κ3) is 5.81. The van der Waals surface area contributed by atoms with Crippen LogP contribution >= 0.6 is 22.9 Å². The van der Waals surface area contributed by atoms with Crippen LogP contribution in [-0.2, 0) is 9.53 Å². The first-order valence-corrected chi connectivity index (χ1v) is 11.2. The zero-order chi connectivity index (χ0) is 23.1. The second kappa shape index (κ2) is 11.0. The highest BCUT2D eigenvalue weighted by Crippen LogP contribution is 2.41. The number of ether oxygens (including phenoxy) is 3. The average molecular weight is 474 g/mol. The fourth-order valence-corrected chi connectivity index (χ4v) is 4.48. The van der Waals surface area contributed by atoms with Crippen LogP contribution in [0.4, 0.5) is 5.00 Å². The van der Waals surface area contributed by atoms with E-state index >= 15 is 0 Å². The fourth-order valence-electron chi connectivity index (χ4n) is 3.20. The molecule has 168 valence electrons. The Balaban J connectivity index is 1.66. The second-order valence-electron chi connectivity index (χ2n) is 6.92. The van der Waals surface area contributed by atoms with Crippen LogP contribution in [0.25, 0.3) is 11.1 Å². The SMILES string of the molecule is COC(=O)c1c(NC(=O)CCCOc2ccc(OC)cc2)sc(C)c1-c1cccc(Cl)c1. The normalized spacial score (nSPS) is 10.5. The quantitative estimate of drug-likeness (QED) is 0.306. The molecule has 8 heteroatoms. The van der Waals surface area contributed by atoms with Crippen LogP contribution in [0.15, 0.2) is 48.5 Å². The minimum atomic E-state index is -0.512. The lowest BCUT2D eigenvalue weighted by Gasteiger charge is -2.09. The summed E-state index contributed by atoms with van der Waals surface area (Å²) >= 11 is 7.47. The largest absolute Gasteiger partial charge is 0.497 e. The first-order valence-electron chi connectivity index (χ1n) is 9.97. The number of halogens is 1. The van der Waals surface area contributed by atoms with Crippen LogP contribution < -0.4 is 14.8 Å². The zero-order valence-electron chi connectivity index (χ0n) is 18.1. The Kier molecular flexibility index (Phi) is 8.14. The van der Waals surface area contributed by atoms with Crippen molar-refractivity contribution < 1.29 is 23.8 Å². The van der Waals surface area contributed by atoms with Gasteiger partial charge in [0.1, 0.15) is 22.1 Å². The number of methoxy groups -OCH3 is 2. The van der Waals surface area contributed by atoms with Crippen molar-refractivity contribution in [2.75, 3.05) is 26.1 Å². The zero-order valence-corrected chi connectivity index (χ0v) is 19.6. The maximum Gasteiger partial charge on any atom is 0.341 e. The topological polar surface area (TPSA) is 73.9 Å². The van der Waals surface area contributed by atoms with Crippen molar-refractivity contribution in [3.05, 3.63) is 64.0 Å². The molecule has 3 aromatic rings. The maximum absolute atomic E-state index is 12.5. The number of carbonyl (C=O) groups excluding carboxylic acids is 2. The molecule has 0 fully saturated rings. The summed E-state index contributed by atoms with van der Waals surface area (Å²) in [5, 5.41) is 3.88. The molecule has 0 radical (unpaired) electrons. The van der Waals surface area contributed by atoms with Crippen molar-refractivity contribution in [2.45, 2.75) is 19.8 Å². The fraction of sp³-hybridized carbons (Fsp3) is 0.250. The lowest BCUT2D eigenvalue weighted by atomic mass is 10.0. The summed E-state index contributed by atoms with van der Waals surface area (Å²) in [6, 6.07) is 14.5. The summed E-state index contributed by atoms with van der Waals surface area (Å²) in [5.41, 5.74) is 1.84. The van der Waals surface area contributed by atoms with Gasteiger partial charge in [-0.15, -0.1) is 11.3 Å². The molecule has 1 amide bonds. The van der Waals surface area contributed by atoms with Crippen LogP contribution in [0.1, 0.15) is 28.1 Å². The average Bonchev–Trinajstić information content (AvgIpc) is 3.12. The van der Waals surface area contributed by atoms with Gasteiger partial charge in [0, 0.05) is 21.9 Å². The van der Waals surface area contributed by atoms with Gasteiger partial charge in [0.2, 0.25) is 5.91 Å². The molecule has 1 heterocycles. The van der Waals surface area contributed by atoms with Gasteiger partial charge in [-0.3, -0.25) is 4.79 Å². The van der Waals surface area contributed by atoms with Crippen LogP contribution in [-0.4, -0.2) is 32.7 Å². The number of anilines is 1. The highest BCUT2D eigenvalue weighted by atomic mass is 35.5. The van der Waals surface area contributed by atoms with Crippen molar-refractivity contribution in [2.24, 2.45) is 0 Å². The Morgan fingerprint density at radius 1 is 1.06 bits per heavy atom. The summed E-state index contributed by atoms with van der Waals surface area (Å²) < 4.78 is 15.8. The molecular weight excluding hydrogens is 450 g/mol. The Labute approximate surface area is 196 Å². The molecule has 0 unspecified atom stereocenters. The Hall–Kier alpha value is -3.03. The summed E-state index contributed by atoms with van der Waals surface area (Å²) in [6.45, 7) is 2.28. The summed E-state index contributed by atoms with van der Waals surface area (Å²) in [4.78, 5) is 26.0. The number of rotatable bonds is 9. The van der Waals surface area contributed by atoms with Crippen LogP contribution in [0, 0.1) is 6.92 Å². The molecule has 0 aliphatic carbocycles. The van der Waals surface area contributed by atoms with E-state index in [0.29, 0.717) is 39.9 Å². The van der Waals surface area contributed by atoms with E-state index in [1.165, 1.54) is 18.4 Å². The monoisotopic (exact) mass is 473 g/mol. The summed E-state index contributed by atoms with van der Waals surface area (Å²) in [5.74, 6) is 0.746. The number of hydrogen-bond donors (Lipinski definition) is 1. The van der Waals surface area contributed by atoms with Crippen LogP contribution in [0.2, 0.25) is 5.02 Å². The van der Waals surface area contributed by atoms with E-state index in [-0.39, 0.29) is 12.3 Å². The molecule has 0 aliphatic heterocycles. The standard InChI is InChI=1S/C24H24ClNO5S/c1-15-21(16-6-4-7-17(25)14-16)22(24(28)30-3)23(32-15)26-20(27)8-5-13-31-19-11-9-18(29-2)10-12-19/h4,6-7,9-12,14H,5,8,13H2,1-3H3,(H,26,27). The molecule has 1 N–H and O–H groups in total. The van der Waals surface area contributed by atoms with E-state index in [1.54, 1.807) is 19.2 Å². The van der Waals surface area contributed by atoms with Crippen LogP contribution in [0.5, 0.6) is 11.5 Å². The van der Waals surface area contributed by atoms with Gasteiger partial charge in [0.15, 0.2) is 0 Å². The van der Waals surface area contributed by atoms with E-state index in [0.717, 1.165) is 16.2 Å². The summed E-state index contributed by atoms with van der Waals surface area (Å²) in [6.07, 6.45) is 0.775. The van der Waals surface area contributed by atoms with Crippen molar-refractivity contribution >= 4 is 39.8 Å². The Bertz CT molecular complexity index is 1090. The number of amides is 1. The number of benzene rings is 2. The third-order valence-corrected chi connectivity index (χ3v) is 5.97. The predicted octanol–water partition coefficient (Wildman–Crippen LogP) is 5.97. The molecule has 0 saturated heterocycles. The third-order valence-electron chi connectivity index (χ3n) is 4.72. The van der Waals surface area contributed by atoms with Crippen molar-refractivity contribution in [3.63, 3.8) is 0 Å². The van der Waals surface area contributed by atoms with Gasteiger partial charge < -0.3 is 19.5 Å². The lowest BCUT2D eigenvalue weighted by Crippen LogP contribution is -2.14. The smallest absolute Gasteiger partial charge is 0.341 e. The van der Waals surface area contributed by atoms with Gasteiger partial charge in [-0.1, -0.05) is 23.7 Å². The highest BCUT2D eigenvalue weighted by Gasteiger charge is 2.25. The van der Waals surface area contributed by atoms with Gasteiger partial charge in [-0.05, 0) is 55.3 Å². The van der Waals surface area contributed by atoms with E-state index < -0.39 is 5.97 Å². The number of esters is 1. The molecular formula is C24H24ClNO5S. The molecule has 2 aromatic carbocycles. The van der Waals surface area contributed by atoms with Crippen molar-refractivity contribution in [1.29, 1.82) is 0 Å². The predicted molar refractivity (Wildman–Crippen MR) is 127 cm³/mol. The number of hydrogen-bond acceptors (Lipinski definition) is 6. The first kappa shape index (κ1) is 23.6. The number of carbonyl (C=O) groups is 2. The molecule has 0 aliphatic rings. The van der Waals surface area contributed by atoms with Gasteiger partial charge in [0.25, 0.3) is 0 Å². The molecule has 0 saturated carbocycles. The molecule has 3 rings (SSSR count). The molecule has 1 aromatic heterocycles. The van der Waals surface area contributed by atoms with E-state index in [1.807, 2.05) is 43.3 Å². The number of thiophene rings is 1. The van der Waals surface area contributed by atoms with Gasteiger partial charge in [-0.2, -0.15) is 0 Å². The Morgan fingerprint density at radius 2 is 1.78 bits per heavy atom. The van der Waals surface area contributed by atoms with E-state index in [2.05, 4.69) is 5.32 Å². The van der Waals surface area contributed by atoms with E-state index in [9.17, 15) is 9.59 Å². The molecule has 6 nitrogen and oxygen atoms in total. The second-order valence-corrected chi connectivity index (χ2v) is 8.58. The highest BCUT2D eigenvalue weighted by molar-refractivity contribution is 7.17. The first-order chi connectivity index (χ1) is 15.4. The number of aryl methyl sites for hydroxylation is 1. The maximum atomic E-state index is 12.5. The molecule has 32 heavy (non-hydrogen) atoms. The van der Waals surface area contributed by atoms with E-state index in [4.69, 9.17) is 25.8 Å².